The van der Waals surface area contributed by atoms with Crippen molar-refractivity contribution in [1.82, 2.24) is 0 Å². The number of thioether (sulfide) groups is 1. The molecule has 156 valence electrons. The average Bonchev–Trinajstić information content (AvgIpc) is 2.96. The molecule has 3 aromatic carbocycles. The van der Waals surface area contributed by atoms with Crippen LogP contribution in [0, 0.1) is 13.8 Å². The van der Waals surface area contributed by atoms with Gasteiger partial charge in [0.05, 0.1) is 5.69 Å². The Hall–Kier alpha value is -2.73. The van der Waals surface area contributed by atoms with Crippen LogP contribution in [-0.2, 0) is 9.59 Å². The lowest BCUT2D eigenvalue weighted by molar-refractivity contribution is -0.120. The van der Waals surface area contributed by atoms with E-state index in [2.05, 4.69) is 5.32 Å². The molecule has 1 heterocycles. The highest BCUT2D eigenvalue weighted by molar-refractivity contribution is 8.04. The van der Waals surface area contributed by atoms with Gasteiger partial charge in [0, 0.05) is 20.6 Å². The molecule has 0 unspecified atom stereocenters. The summed E-state index contributed by atoms with van der Waals surface area (Å²) in [6.07, 6.45) is 0. The predicted octanol–water partition coefficient (Wildman–Crippen LogP) is 6.60. The van der Waals surface area contributed by atoms with Crippen molar-refractivity contribution in [1.29, 1.82) is 0 Å². The molecule has 1 aliphatic heterocycles. The maximum absolute atomic E-state index is 13.4. The van der Waals surface area contributed by atoms with Crippen LogP contribution in [0.5, 0.6) is 0 Å². The van der Waals surface area contributed by atoms with E-state index in [1.54, 1.807) is 42.5 Å². The summed E-state index contributed by atoms with van der Waals surface area (Å²) in [5, 5.41) is 4.31. The highest BCUT2D eigenvalue weighted by Crippen LogP contribution is 2.39. The standard InChI is InChI=1S/C24H18Cl2N2O2S/c1-14-3-12-20(15(2)13-14)28-23(29)21(27-18-8-4-16(25)5-9-18)22(24(28)30)31-19-10-6-17(26)7-11-19/h3-13,27H,1-2H3. The normalized spacial score (nSPS) is 13.9. The van der Waals surface area contributed by atoms with E-state index in [9.17, 15) is 9.59 Å². The molecular formula is C24H18Cl2N2O2S. The number of hydrogen-bond donors (Lipinski definition) is 1. The number of amides is 2. The second-order valence-corrected chi connectivity index (χ2v) is 9.08. The zero-order valence-corrected chi connectivity index (χ0v) is 19.1. The Bertz CT molecular complexity index is 1140. The Kier molecular flexibility index (Phi) is 6.10. The van der Waals surface area contributed by atoms with Crippen molar-refractivity contribution < 1.29 is 9.59 Å². The Labute approximate surface area is 194 Å². The van der Waals surface area contributed by atoms with Gasteiger partial charge in [-0.15, -0.1) is 0 Å². The lowest BCUT2D eigenvalue weighted by atomic mass is 10.1. The van der Waals surface area contributed by atoms with Crippen molar-refractivity contribution in [3.05, 3.63) is 98.5 Å². The number of carbonyl (C=O) groups excluding carboxylic acids is 2. The Morgan fingerprint density at radius 3 is 2.03 bits per heavy atom. The quantitative estimate of drug-likeness (QED) is 0.428. The van der Waals surface area contributed by atoms with Crippen LogP contribution in [0.4, 0.5) is 11.4 Å². The summed E-state index contributed by atoms with van der Waals surface area (Å²) >= 11 is 13.2. The number of nitrogens with zero attached hydrogens (tertiary/aromatic N) is 1. The largest absolute Gasteiger partial charge is 0.350 e. The zero-order chi connectivity index (χ0) is 22.1. The van der Waals surface area contributed by atoms with Crippen LogP contribution in [0.1, 0.15) is 11.1 Å². The number of carbonyl (C=O) groups is 2. The number of anilines is 2. The maximum atomic E-state index is 13.4. The lowest BCUT2D eigenvalue weighted by Gasteiger charge is -2.18. The van der Waals surface area contributed by atoms with Gasteiger partial charge < -0.3 is 5.32 Å². The van der Waals surface area contributed by atoms with Gasteiger partial charge in [0.2, 0.25) is 0 Å². The number of imide groups is 1. The number of benzene rings is 3. The summed E-state index contributed by atoms with van der Waals surface area (Å²) in [6, 6.07) is 19.7. The first-order chi connectivity index (χ1) is 14.8. The summed E-state index contributed by atoms with van der Waals surface area (Å²) in [6.45, 7) is 3.86. The molecule has 31 heavy (non-hydrogen) atoms. The van der Waals surface area contributed by atoms with Gasteiger partial charge in [0.15, 0.2) is 0 Å². The van der Waals surface area contributed by atoms with E-state index in [0.29, 0.717) is 26.3 Å². The first-order valence-corrected chi connectivity index (χ1v) is 11.1. The summed E-state index contributed by atoms with van der Waals surface area (Å²) < 4.78 is 0. The minimum absolute atomic E-state index is 0.229. The van der Waals surface area contributed by atoms with Crippen LogP contribution in [-0.4, -0.2) is 11.8 Å². The van der Waals surface area contributed by atoms with Gasteiger partial charge in [-0.3, -0.25) is 9.59 Å². The van der Waals surface area contributed by atoms with Crippen molar-refractivity contribution >= 4 is 58.2 Å². The molecule has 3 aromatic rings. The topological polar surface area (TPSA) is 49.4 Å². The van der Waals surface area contributed by atoms with Crippen molar-refractivity contribution in [2.24, 2.45) is 0 Å². The third-order valence-electron chi connectivity index (χ3n) is 4.78. The Morgan fingerprint density at radius 2 is 1.42 bits per heavy atom. The molecule has 0 saturated heterocycles. The van der Waals surface area contributed by atoms with Gasteiger partial charge in [0.25, 0.3) is 11.8 Å². The molecule has 7 heteroatoms. The Morgan fingerprint density at radius 1 is 0.806 bits per heavy atom. The maximum Gasteiger partial charge on any atom is 0.283 e. The third-order valence-corrected chi connectivity index (χ3v) is 6.38. The van der Waals surface area contributed by atoms with Gasteiger partial charge in [-0.1, -0.05) is 52.7 Å². The van der Waals surface area contributed by atoms with Crippen molar-refractivity contribution in [3.8, 4) is 0 Å². The average molecular weight is 469 g/mol. The molecule has 0 bridgehead atoms. The van der Waals surface area contributed by atoms with Gasteiger partial charge in [0.1, 0.15) is 10.6 Å². The number of halogens is 2. The summed E-state index contributed by atoms with van der Waals surface area (Å²) in [7, 11) is 0. The fourth-order valence-electron chi connectivity index (χ4n) is 3.29. The molecule has 2 amide bonds. The van der Waals surface area contributed by atoms with Crippen LogP contribution in [0.25, 0.3) is 0 Å². The van der Waals surface area contributed by atoms with E-state index < -0.39 is 5.91 Å². The molecule has 0 spiro atoms. The number of rotatable bonds is 5. The predicted molar refractivity (Wildman–Crippen MR) is 128 cm³/mol. The molecule has 4 rings (SSSR count). The fourth-order valence-corrected chi connectivity index (χ4v) is 4.47. The minimum atomic E-state index is -0.400. The molecule has 0 fully saturated rings. The molecule has 0 aromatic heterocycles. The summed E-state index contributed by atoms with van der Waals surface area (Å²) in [5.41, 5.74) is 3.38. The minimum Gasteiger partial charge on any atom is -0.350 e. The van der Waals surface area contributed by atoms with Crippen LogP contribution >= 0.6 is 35.0 Å². The number of hydrogen-bond acceptors (Lipinski definition) is 4. The van der Waals surface area contributed by atoms with Gasteiger partial charge in [-0.2, -0.15) is 0 Å². The van der Waals surface area contributed by atoms with Crippen LogP contribution < -0.4 is 10.2 Å². The third kappa shape index (κ3) is 4.49. The lowest BCUT2D eigenvalue weighted by Crippen LogP contribution is -2.33. The highest BCUT2D eigenvalue weighted by Gasteiger charge is 2.40. The first-order valence-electron chi connectivity index (χ1n) is 9.50. The van der Waals surface area contributed by atoms with Crippen molar-refractivity contribution in [2.45, 2.75) is 18.7 Å². The van der Waals surface area contributed by atoms with Crippen molar-refractivity contribution in [3.63, 3.8) is 0 Å². The van der Waals surface area contributed by atoms with E-state index in [1.807, 2.05) is 38.1 Å². The molecule has 1 aliphatic rings. The van der Waals surface area contributed by atoms with E-state index in [-0.39, 0.29) is 11.6 Å². The van der Waals surface area contributed by atoms with Crippen LogP contribution in [0.2, 0.25) is 10.0 Å². The molecule has 4 nitrogen and oxygen atoms in total. The fraction of sp³-hybridized carbons (Fsp3) is 0.0833. The molecule has 0 aliphatic carbocycles. The number of nitrogens with one attached hydrogen (secondary N) is 1. The van der Waals surface area contributed by atoms with E-state index in [1.165, 1.54) is 16.7 Å². The molecular weight excluding hydrogens is 451 g/mol. The second kappa shape index (κ2) is 8.79. The van der Waals surface area contributed by atoms with E-state index in [4.69, 9.17) is 23.2 Å². The zero-order valence-electron chi connectivity index (χ0n) is 16.8. The van der Waals surface area contributed by atoms with Crippen LogP contribution in [0.15, 0.2) is 82.2 Å². The van der Waals surface area contributed by atoms with Crippen LogP contribution in [0.3, 0.4) is 0 Å². The molecule has 0 atom stereocenters. The SMILES string of the molecule is Cc1ccc(N2C(=O)C(Nc3ccc(Cl)cc3)=C(Sc3ccc(Cl)cc3)C2=O)c(C)c1. The molecule has 0 radical (unpaired) electrons. The van der Waals surface area contributed by atoms with E-state index in [0.717, 1.165) is 16.0 Å². The first kappa shape index (κ1) is 21.5. The molecule has 1 N–H and O–H groups in total. The highest BCUT2D eigenvalue weighted by atomic mass is 35.5. The smallest absolute Gasteiger partial charge is 0.283 e. The number of aryl methyl sites for hydroxylation is 2. The monoisotopic (exact) mass is 468 g/mol. The summed E-state index contributed by atoms with van der Waals surface area (Å²) in [5.74, 6) is -0.767. The van der Waals surface area contributed by atoms with Gasteiger partial charge >= 0.3 is 0 Å². The second-order valence-electron chi connectivity index (χ2n) is 7.13. The van der Waals surface area contributed by atoms with Crippen molar-refractivity contribution in [2.75, 3.05) is 10.2 Å². The van der Waals surface area contributed by atoms with Gasteiger partial charge in [-0.25, -0.2) is 4.90 Å². The Balaban J connectivity index is 1.76. The van der Waals surface area contributed by atoms with Gasteiger partial charge in [-0.05, 0) is 74.0 Å². The van der Waals surface area contributed by atoms with E-state index >= 15 is 0 Å². The summed E-state index contributed by atoms with van der Waals surface area (Å²) in [4.78, 5) is 29.2. The molecule has 0 saturated carbocycles.